The van der Waals surface area contributed by atoms with Crippen molar-refractivity contribution >= 4 is 10.9 Å². The Morgan fingerprint density at radius 2 is 1.97 bits per heavy atom. The average molecular weight is 449 g/mol. The molecule has 3 heterocycles. The summed E-state index contributed by atoms with van der Waals surface area (Å²) in [5, 5.41) is 5.59. The van der Waals surface area contributed by atoms with Crippen LogP contribution in [0.4, 0.5) is 0 Å². The van der Waals surface area contributed by atoms with Gasteiger partial charge in [0.15, 0.2) is 0 Å². The number of H-pyrrole nitrogens is 1. The van der Waals surface area contributed by atoms with E-state index in [0.29, 0.717) is 0 Å². The number of fused-ring (bicyclic) bond motifs is 1. The topological polar surface area (TPSA) is 53.0 Å². The molecule has 3 aromatic rings. The lowest BCUT2D eigenvalue weighted by Gasteiger charge is -2.37. The molecule has 1 atom stereocenters. The summed E-state index contributed by atoms with van der Waals surface area (Å²) in [4.78, 5) is 12.9. The summed E-state index contributed by atoms with van der Waals surface area (Å²) in [6.07, 6.45) is 16.7. The van der Waals surface area contributed by atoms with Gasteiger partial charge in [0.25, 0.3) is 0 Å². The fourth-order valence-corrected chi connectivity index (χ4v) is 6.08. The lowest BCUT2D eigenvalue weighted by molar-refractivity contribution is 0.118. The Morgan fingerprint density at radius 3 is 2.82 bits per heavy atom. The first-order chi connectivity index (χ1) is 16.2. The molecule has 6 nitrogen and oxygen atoms in total. The van der Waals surface area contributed by atoms with E-state index in [-0.39, 0.29) is 0 Å². The first-order valence-electron chi connectivity index (χ1n) is 13.0. The standard InChI is InChI=1S/C27H40N6/c1-31(16-24-8-5-12-32(18-24)17-22-6-3-2-4-7-22)13-11-25-15-29-27-10-9-23(14-26(25)27)19-33-21-28-20-30-33/h9-10,14-15,20-22,24,29H,2-8,11-13,16-19H2,1H3. The highest BCUT2D eigenvalue weighted by Gasteiger charge is 2.24. The Balaban J connectivity index is 1.12. The molecule has 1 saturated carbocycles. The molecule has 1 unspecified atom stereocenters. The number of aromatic amines is 1. The average Bonchev–Trinajstić information content (AvgIpc) is 3.48. The van der Waals surface area contributed by atoms with E-state index in [0.717, 1.165) is 31.3 Å². The molecule has 0 amide bonds. The van der Waals surface area contributed by atoms with Gasteiger partial charge in [0, 0.05) is 43.3 Å². The first-order valence-corrected chi connectivity index (χ1v) is 13.0. The predicted molar refractivity (Wildman–Crippen MR) is 134 cm³/mol. The Hall–Kier alpha value is -2.18. The molecule has 1 aliphatic heterocycles. The van der Waals surface area contributed by atoms with Crippen molar-refractivity contribution in [2.75, 3.05) is 39.8 Å². The maximum absolute atomic E-state index is 4.24. The van der Waals surface area contributed by atoms with Crippen LogP contribution >= 0.6 is 0 Å². The zero-order chi connectivity index (χ0) is 22.5. The van der Waals surface area contributed by atoms with Gasteiger partial charge in [0.05, 0.1) is 6.54 Å². The van der Waals surface area contributed by atoms with Crippen LogP contribution < -0.4 is 0 Å². The number of piperidine rings is 1. The second kappa shape index (κ2) is 10.8. The minimum absolute atomic E-state index is 0.763. The van der Waals surface area contributed by atoms with Crippen LogP contribution in [0, 0.1) is 11.8 Å². The van der Waals surface area contributed by atoms with Crippen molar-refractivity contribution in [2.45, 2.75) is 57.9 Å². The first kappa shape index (κ1) is 22.6. The summed E-state index contributed by atoms with van der Waals surface area (Å²) in [5.41, 5.74) is 3.91. The zero-order valence-electron chi connectivity index (χ0n) is 20.3. The smallest absolute Gasteiger partial charge is 0.137 e. The van der Waals surface area contributed by atoms with E-state index in [1.807, 2.05) is 4.68 Å². The van der Waals surface area contributed by atoms with Crippen molar-refractivity contribution in [3.05, 3.63) is 48.2 Å². The van der Waals surface area contributed by atoms with Gasteiger partial charge in [-0.1, -0.05) is 25.3 Å². The van der Waals surface area contributed by atoms with Crippen molar-refractivity contribution in [1.29, 1.82) is 0 Å². The summed E-state index contributed by atoms with van der Waals surface area (Å²) in [5.74, 6) is 1.79. The molecule has 1 saturated heterocycles. The van der Waals surface area contributed by atoms with E-state index in [4.69, 9.17) is 0 Å². The third-order valence-corrected chi connectivity index (χ3v) is 7.82. The van der Waals surface area contributed by atoms with E-state index in [2.05, 4.69) is 56.3 Å². The van der Waals surface area contributed by atoms with Gasteiger partial charge in [-0.05, 0) is 80.8 Å². The number of likely N-dealkylation sites (N-methyl/N-ethyl adjacent to an activating group) is 1. The van der Waals surface area contributed by atoms with E-state index in [9.17, 15) is 0 Å². The lowest BCUT2D eigenvalue weighted by Crippen LogP contribution is -2.42. The van der Waals surface area contributed by atoms with Crippen molar-refractivity contribution < 1.29 is 0 Å². The molecule has 1 aliphatic carbocycles. The van der Waals surface area contributed by atoms with E-state index in [1.165, 1.54) is 93.2 Å². The molecule has 0 bridgehead atoms. The molecule has 1 aromatic carbocycles. The lowest BCUT2D eigenvalue weighted by atomic mass is 9.88. The highest BCUT2D eigenvalue weighted by molar-refractivity contribution is 5.83. The van der Waals surface area contributed by atoms with Gasteiger partial charge in [0.1, 0.15) is 12.7 Å². The van der Waals surface area contributed by atoms with Gasteiger partial charge >= 0.3 is 0 Å². The maximum Gasteiger partial charge on any atom is 0.137 e. The van der Waals surface area contributed by atoms with E-state index >= 15 is 0 Å². The monoisotopic (exact) mass is 448 g/mol. The fourth-order valence-electron chi connectivity index (χ4n) is 6.08. The quantitative estimate of drug-likeness (QED) is 0.521. The number of hydrogen-bond donors (Lipinski definition) is 1. The molecule has 2 aliphatic rings. The Morgan fingerprint density at radius 1 is 1.09 bits per heavy atom. The van der Waals surface area contributed by atoms with Gasteiger partial charge in [-0.15, -0.1) is 0 Å². The largest absolute Gasteiger partial charge is 0.361 e. The summed E-state index contributed by atoms with van der Waals surface area (Å²) in [6.45, 7) is 7.08. The minimum atomic E-state index is 0.763. The van der Waals surface area contributed by atoms with Gasteiger partial charge in [-0.2, -0.15) is 5.10 Å². The summed E-state index contributed by atoms with van der Waals surface area (Å²) in [7, 11) is 2.31. The highest BCUT2D eigenvalue weighted by atomic mass is 15.3. The molecule has 33 heavy (non-hydrogen) atoms. The minimum Gasteiger partial charge on any atom is -0.361 e. The molecule has 2 fully saturated rings. The number of hydrogen-bond acceptors (Lipinski definition) is 4. The molecule has 1 N–H and O–H groups in total. The van der Waals surface area contributed by atoms with Crippen LogP contribution in [0.15, 0.2) is 37.1 Å². The predicted octanol–water partition coefficient (Wildman–Crippen LogP) is 4.57. The molecule has 0 radical (unpaired) electrons. The van der Waals surface area contributed by atoms with Crippen molar-refractivity contribution in [3.63, 3.8) is 0 Å². The van der Waals surface area contributed by atoms with E-state index in [1.54, 1.807) is 12.7 Å². The van der Waals surface area contributed by atoms with Crippen molar-refractivity contribution in [2.24, 2.45) is 11.8 Å². The van der Waals surface area contributed by atoms with Crippen LogP contribution in [0.5, 0.6) is 0 Å². The molecular weight excluding hydrogens is 408 g/mol. The molecule has 5 rings (SSSR count). The van der Waals surface area contributed by atoms with Gasteiger partial charge in [-0.3, -0.25) is 0 Å². The van der Waals surface area contributed by atoms with Gasteiger partial charge < -0.3 is 14.8 Å². The summed E-state index contributed by atoms with van der Waals surface area (Å²) >= 11 is 0. The van der Waals surface area contributed by atoms with Crippen molar-refractivity contribution in [1.82, 2.24) is 29.5 Å². The number of nitrogens with one attached hydrogen (secondary N) is 1. The zero-order valence-corrected chi connectivity index (χ0v) is 20.3. The van der Waals surface area contributed by atoms with Gasteiger partial charge in [-0.25, -0.2) is 9.67 Å². The second-order valence-corrected chi connectivity index (χ2v) is 10.6. The molecular formula is C27H40N6. The van der Waals surface area contributed by atoms with Crippen LogP contribution in [0.1, 0.15) is 56.1 Å². The van der Waals surface area contributed by atoms with Gasteiger partial charge in [0.2, 0.25) is 0 Å². The third-order valence-electron chi connectivity index (χ3n) is 7.82. The Labute approximate surface area is 198 Å². The fraction of sp³-hybridized carbons (Fsp3) is 0.630. The van der Waals surface area contributed by atoms with Crippen molar-refractivity contribution in [3.8, 4) is 0 Å². The van der Waals surface area contributed by atoms with Crippen LogP contribution in [0.25, 0.3) is 10.9 Å². The highest BCUT2D eigenvalue weighted by Crippen LogP contribution is 2.27. The number of benzene rings is 1. The normalized spacial score (nSPS) is 20.7. The SMILES string of the molecule is CN(CCc1c[nH]c2ccc(Cn3cncn3)cc12)CC1CCCN(CC2CCCCC2)C1. The Kier molecular flexibility index (Phi) is 7.42. The molecule has 0 spiro atoms. The summed E-state index contributed by atoms with van der Waals surface area (Å²) in [6, 6.07) is 6.68. The maximum atomic E-state index is 4.24. The van der Waals surface area contributed by atoms with E-state index < -0.39 is 0 Å². The second-order valence-electron chi connectivity index (χ2n) is 10.6. The summed E-state index contributed by atoms with van der Waals surface area (Å²) < 4.78 is 1.88. The van der Waals surface area contributed by atoms with Crippen LogP contribution in [0.3, 0.4) is 0 Å². The van der Waals surface area contributed by atoms with Crippen LogP contribution in [-0.4, -0.2) is 69.3 Å². The van der Waals surface area contributed by atoms with Crippen LogP contribution in [0.2, 0.25) is 0 Å². The molecule has 178 valence electrons. The number of rotatable bonds is 9. The number of likely N-dealkylation sites (tertiary alicyclic amines) is 1. The third kappa shape index (κ3) is 6.04. The van der Waals surface area contributed by atoms with Crippen LogP contribution in [-0.2, 0) is 13.0 Å². The molecule has 6 heteroatoms. The molecule has 2 aromatic heterocycles. The number of aromatic nitrogens is 4. The number of nitrogens with zero attached hydrogens (tertiary/aromatic N) is 5. The Bertz CT molecular complexity index is 987.